The molecule has 1 atom stereocenters. The van der Waals surface area contributed by atoms with Crippen molar-refractivity contribution in [3.05, 3.63) is 82.2 Å². The fourth-order valence-corrected chi connectivity index (χ4v) is 2.13. The van der Waals surface area contributed by atoms with Crippen molar-refractivity contribution in [2.75, 3.05) is 0 Å². The quantitative estimate of drug-likeness (QED) is 0.340. The lowest BCUT2D eigenvalue weighted by Crippen LogP contribution is -2.23. The van der Waals surface area contributed by atoms with Crippen molar-refractivity contribution in [3.8, 4) is 0 Å². The first-order valence-corrected chi connectivity index (χ1v) is 6.36. The molecule has 0 aliphatic heterocycles. The first-order valence-electron chi connectivity index (χ1n) is 6.36. The standard InChI is InChI=1S/C16H15N3O/c1-16(18-19-17,14-10-6-3-7-11-14)12-15(20)13-8-4-2-5-9-13/h2-11H,12H2,1H3. The van der Waals surface area contributed by atoms with Gasteiger partial charge in [-0.25, -0.2) is 0 Å². The van der Waals surface area contributed by atoms with Gasteiger partial charge in [-0.3, -0.25) is 4.79 Å². The van der Waals surface area contributed by atoms with Crippen molar-refractivity contribution >= 4 is 5.78 Å². The predicted octanol–water partition coefficient (Wildman–Crippen LogP) is 4.49. The Balaban J connectivity index is 2.31. The molecule has 2 rings (SSSR count). The highest BCUT2D eigenvalue weighted by Crippen LogP contribution is 2.30. The molecule has 4 heteroatoms. The van der Waals surface area contributed by atoms with Gasteiger partial charge in [0.05, 0.1) is 5.54 Å². The fourth-order valence-electron chi connectivity index (χ4n) is 2.13. The third-order valence-corrected chi connectivity index (χ3v) is 3.26. The molecule has 0 spiro atoms. The topological polar surface area (TPSA) is 65.8 Å². The van der Waals surface area contributed by atoms with Crippen LogP contribution in [0.25, 0.3) is 10.4 Å². The van der Waals surface area contributed by atoms with Gasteiger partial charge in [0.25, 0.3) is 0 Å². The predicted molar refractivity (Wildman–Crippen MR) is 78.3 cm³/mol. The lowest BCUT2D eigenvalue weighted by molar-refractivity contribution is 0.0955. The number of Topliss-reactive ketones (excluding diaryl/α,β-unsaturated/α-hetero) is 1. The molecule has 0 saturated heterocycles. The second-order valence-electron chi connectivity index (χ2n) is 4.80. The number of hydrogen-bond acceptors (Lipinski definition) is 2. The van der Waals surface area contributed by atoms with Gasteiger partial charge in [-0.05, 0) is 18.0 Å². The molecule has 0 heterocycles. The van der Waals surface area contributed by atoms with E-state index in [4.69, 9.17) is 5.53 Å². The summed E-state index contributed by atoms with van der Waals surface area (Å²) in [4.78, 5) is 15.2. The molecule has 0 aromatic heterocycles. The van der Waals surface area contributed by atoms with E-state index in [0.717, 1.165) is 5.56 Å². The summed E-state index contributed by atoms with van der Waals surface area (Å²) in [6.45, 7) is 1.78. The maximum atomic E-state index is 12.3. The molecular weight excluding hydrogens is 250 g/mol. The number of hydrogen-bond donors (Lipinski definition) is 0. The van der Waals surface area contributed by atoms with Crippen LogP contribution in [0.5, 0.6) is 0 Å². The first kappa shape index (κ1) is 13.8. The number of carbonyl (C=O) groups is 1. The van der Waals surface area contributed by atoms with Gasteiger partial charge in [0.2, 0.25) is 0 Å². The summed E-state index contributed by atoms with van der Waals surface area (Å²) in [5.74, 6) is -0.0376. The minimum Gasteiger partial charge on any atom is -0.294 e. The minimum absolute atomic E-state index is 0.0376. The lowest BCUT2D eigenvalue weighted by Gasteiger charge is -2.23. The number of ketones is 1. The van der Waals surface area contributed by atoms with Crippen molar-refractivity contribution in [2.24, 2.45) is 5.11 Å². The maximum absolute atomic E-state index is 12.3. The van der Waals surface area contributed by atoms with Crippen molar-refractivity contribution in [1.82, 2.24) is 0 Å². The van der Waals surface area contributed by atoms with E-state index < -0.39 is 5.54 Å². The molecule has 100 valence electrons. The lowest BCUT2D eigenvalue weighted by atomic mass is 9.86. The van der Waals surface area contributed by atoms with Gasteiger partial charge in [-0.2, -0.15) is 0 Å². The SMILES string of the molecule is CC(CC(=O)c1ccccc1)(N=[N+]=[N-])c1ccccc1. The van der Waals surface area contributed by atoms with E-state index in [1.165, 1.54) is 0 Å². The molecule has 0 radical (unpaired) electrons. The molecule has 4 nitrogen and oxygen atoms in total. The zero-order valence-corrected chi connectivity index (χ0v) is 11.2. The maximum Gasteiger partial charge on any atom is 0.163 e. The second-order valence-corrected chi connectivity index (χ2v) is 4.80. The summed E-state index contributed by atoms with van der Waals surface area (Å²) >= 11 is 0. The molecule has 1 unspecified atom stereocenters. The summed E-state index contributed by atoms with van der Waals surface area (Å²) in [7, 11) is 0. The monoisotopic (exact) mass is 265 g/mol. The van der Waals surface area contributed by atoms with Crippen LogP contribution in [0.15, 0.2) is 65.8 Å². The first-order chi connectivity index (χ1) is 9.65. The van der Waals surface area contributed by atoms with Crippen LogP contribution in [0.3, 0.4) is 0 Å². The Labute approximate surface area is 117 Å². The Morgan fingerprint density at radius 1 is 1.10 bits per heavy atom. The van der Waals surface area contributed by atoms with E-state index >= 15 is 0 Å². The number of rotatable bonds is 5. The van der Waals surface area contributed by atoms with Gasteiger partial charge in [-0.1, -0.05) is 65.8 Å². The Morgan fingerprint density at radius 2 is 1.65 bits per heavy atom. The molecule has 0 saturated carbocycles. The van der Waals surface area contributed by atoms with E-state index in [2.05, 4.69) is 10.0 Å². The largest absolute Gasteiger partial charge is 0.294 e. The molecule has 2 aromatic carbocycles. The van der Waals surface area contributed by atoms with Crippen molar-refractivity contribution in [1.29, 1.82) is 0 Å². The fraction of sp³-hybridized carbons (Fsp3) is 0.188. The van der Waals surface area contributed by atoms with Crippen molar-refractivity contribution in [3.63, 3.8) is 0 Å². The van der Waals surface area contributed by atoms with Gasteiger partial charge in [0.1, 0.15) is 0 Å². The summed E-state index contributed by atoms with van der Waals surface area (Å²) in [6.07, 6.45) is 0.144. The van der Waals surface area contributed by atoms with E-state index in [-0.39, 0.29) is 12.2 Å². The van der Waals surface area contributed by atoms with Crippen LogP contribution in [-0.2, 0) is 5.54 Å². The summed E-state index contributed by atoms with van der Waals surface area (Å²) < 4.78 is 0. The smallest absolute Gasteiger partial charge is 0.163 e. The van der Waals surface area contributed by atoms with Crippen LogP contribution in [-0.4, -0.2) is 5.78 Å². The molecule has 20 heavy (non-hydrogen) atoms. The van der Waals surface area contributed by atoms with Crippen LogP contribution in [0.2, 0.25) is 0 Å². The van der Waals surface area contributed by atoms with Crippen molar-refractivity contribution < 1.29 is 4.79 Å². The number of carbonyl (C=O) groups excluding carboxylic acids is 1. The van der Waals surface area contributed by atoms with Gasteiger partial charge in [-0.15, -0.1) is 0 Å². The highest BCUT2D eigenvalue weighted by molar-refractivity contribution is 5.96. The molecule has 2 aromatic rings. The molecule has 0 amide bonds. The molecule has 0 bridgehead atoms. The molecule has 0 aliphatic rings. The molecule has 0 aliphatic carbocycles. The van der Waals surface area contributed by atoms with E-state index in [9.17, 15) is 4.79 Å². The average molecular weight is 265 g/mol. The Bertz CT molecular complexity index is 633. The summed E-state index contributed by atoms with van der Waals surface area (Å²) in [5.41, 5.74) is 9.38. The summed E-state index contributed by atoms with van der Waals surface area (Å²) in [6, 6.07) is 18.4. The number of benzene rings is 2. The van der Waals surface area contributed by atoms with E-state index in [1.54, 1.807) is 19.1 Å². The zero-order valence-electron chi connectivity index (χ0n) is 11.2. The van der Waals surface area contributed by atoms with E-state index in [0.29, 0.717) is 5.56 Å². The number of azide groups is 1. The Hall–Kier alpha value is -2.58. The normalized spacial score (nSPS) is 13.1. The van der Waals surface area contributed by atoms with Gasteiger partial charge < -0.3 is 0 Å². The van der Waals surface area contributed by atoms with Crippen LogP contribution in [0.1, 0.15) is 29.3 Å². The van der Waals surface area contributed by atoms with Crippen LogP contribution in [0, 0.1) is 0 Å². The van der Waals surface area contributed by atoms with Crippen LogP contribution < -0.4 is 0 Å². The zero-order chi connectivity index (χ0) is 14.4. The Morgan fingerprint density at radius 3 is 2.20 bits per heavy atom. The molecular formula is C16H15N3O. The van der Waals surface area contributed by atoms with Crippen LogP contribution in [0.4, 0.5) is 0 Å². The highest BCUT2D eigenvalue weighted by atomic mass is 16.1. The van der Waals surface area contributed by atoms with Gasteiger partial charge in [0.15, 0.2) is 5.78 Å². The van der Waals surface area contributed by atoms with Gasteiger partial charge in [0, 0.05) is 16.9 Å². The summed E-state index contributed by atoms with van der Waals surface area (Å²) in [5, 5.41) is 3.85. The molecule has 0 N–H and O–H groups in total. The van der Waals surface area contributed by atoms with E-state index in [1.807, 2.05) is 48.5 Å². The van der Waals surface area contributed by atoms with Gasteiger partial charge >= 0.3 is 0 Å². The Kier molecular flexibility index (Phi) is 4.18. The average Bonchev–Trinajstić information content (AvgIpc) is 2.49. The highest BCUT2D eigenvalue weighted by Gasteiger charge is 2.28. The third-order valence-electron chi connectivity index (χ3n) is 3.26. The van der Waals surface area contributed by atoms with Crippen LogP contribution >= 0.6 is 0 Å². The van der Waals surface area contributed by atoms with Crippen molar-refractivity contribution in [2.45, 2.75) is 18.9 Å². The number of nitrogens with zero attached hydrogens (tertiary/aromatic N) is 3. The third kappa shape index (κ3) is 3.05. The molecule has 0 fully saturated rings. The second kappa shape index (κ2) is 6.04. The minimum atomic E-state index is -0.872.